The summed E-state index contributed by atoms with van der Waals surface area (Å²) < 4.78 is 3.95. The van der Waals surface area contributed by atoms with E-state index in [0.717, 1.165) is 38.3 Å². The van der Waals surface area contributed by atoms with Crippen molar-refractivity contribution in [3.63, 3.8) is 0 Å². The molecule has 0 bridgehead atoms. The Morgan fingerprint density at radius 3 is 2.75 bits per heavy atom. The second-order valence-corrected chi connectivity index (χ2v) is 4.99. The van der Waals surface area contributed by atoms with Crippen LogP contribution in [0.5, 0.6) is 0 Å². The SMILES string of the molecule is CCCNCc1cnn(Cc2ncnn2CCC)c1C. The highest BCUT2D eigenvalue weighted by molar-refractivity contribution is 5.16. The molecule has 2 aromatic rings. The number of nitrogens with zero attached hydrogens (tertiary/aromatic N) is 5. The Balaban J connectivity index is 2.04. The minimum atomic E-state index is 0.680. The molecular formula is C14H24N6. The Morgan fingerprint density at radius 1 is 1.15 bits per heavy atom. The Labute approximate surface area is 120 Å². The molecule has 0 aliphatic rings. The predicted molar refractivity (Wildman–Crippen MR) is 78.4 cm³/mol. The van der Waals surface area contributed by atoms with Gasteiger partial charge >= 0.3 is 0 Å². The van der Waals surface area contributed by atoms with Crippen molar-refractivity contribution in [3.8, 4) is 0 Å². The molecule has 0 fully saturated rings. The quantitative estimate of drug-likeness (QED) is 0.746. The molecule has 110 valence electrons. The monoisotopic (exact) mass is 276 g/mol. The lowest BCUT2D eigenvalue weighted by Gasteiger charge is -2.07. The predicted octanol–water partition coefficient (Wildman–Crippen LogP) is 1.74. The van der Waals surface area contributed by atoms with Gasteiger partial charge in [-0.3, -0.25) is 4.68 Å². The summed E-state index contributed by atoms with van der Waals surface area (Å²) >= 11 is 0. The fraction of sp³-hybridized carbons (Fsp3) is 0.643. The molecule has 0 saturated heterocycles. The van der Waals surface area contributed by atoms with E-state index in [4.69, 9.17) is 0 Å². The lowest BCUT2D eigenvalue weighted by Crippen LogP contribution is -2.15. The van der Waals surface area contributed by atoms with Crippen molar-refractivity contribution in [2.24, 2.45) is 0 Å². The second-order valence-electron chi connectivity index (χ2n) is 4.99. The molecular weight excluding hydrogens is 252 g/mol. The van der Waals surface area contributed by atoms with Crippen LogP contribution in [0.1, 0.15) is 43.8 Å². The van der Waals surface area contributed by atoms with Gasteiger partial charge in [0, 0.05) is 24.3 Å². The van der Waals surface area contributed by atoms with Gasteiger partial charge in [-0.25, -0.2) is 9.67 Å². The van der Waals surface area contributed by atoms with Gasteiger partial charge in [-0.2, -0.15) is 10.2 Å². The molecule has 0 spiro atoms. The summed E-state index contributed by atoms with van der Waals surface area (Å²) in [6.07, 6.45) is 5.76. The van der Waals surface area contributed by atoms with Crippen LogP contribution in [0.15, 0.2) is 12.5 Å². The first-order valence-electron chi connectivity index (χ1n) is 7.34. The molecule has 6 heteroatoms. The summed E-state index contributed by atoms with van der Waals surface area (Å²) in [5.41, 5.74) is 2.44. The standard InChI is InChI=1S/C14H24N6/c1-4-6-15-8-13-9-17-20(12(13)3)10-14-16-11-18-19(14)7-5-2/h9,11,15H,4-8,10H2,1-3H3. The number of hydrogen-bond donors (Lipinski definition) is 1. The lowest BCUT2D eigenvalue weighted by molar-refractivity contribution is 0.534. The maximum Gasteiger partial charge on any atom is 0.148 e. The summed E-state index contributed by atoms with van der Waals surface area (Å²) in [5.74, 6) is 0.964. The Bertz CT molecular complexity index is 528. The summed E-state index contributed by atoms with van der Waals surface area (Å²) in [7, 11) is 0. The van der Waals surface area contributed by atoms with Crippen molar-refractivity contribution < 1.29 is 0 Å². The van der Waals surface area contributed by atoms with Crippen LogP contribution in [-0.4, -0.2) is 31.1 Å². The molecule has 2 rings (SSSR count). The van der Waals surface area contributed by atoms with Crippen molar-refractivity contribution >= 4 is 0 Å². The first-order valence-corrected chi connectivity index (χ1v) is 7.34. The van der Waals surface area contributed by atoms with Gasteiger partial charge < -0.3 is 5.32 Å². The highest BCUT2D eigenvalue weighted by Crippen LogP contribution is 2.09. The number of aryl methyl sites for hydroxylation is 1. The maximum absolute atomic E-state index is 4.47. The zero-order valence-electron chi connectivity index (χ0n) is 12.6. The average Bonchev–Trinajstić information content (AvgIpc) is 3.01. The van der Waals surface area contributed by atoms with Crippen LogP contribution in [-0.2, 0) is 19.6 Å². The molecule has 0 saturated carbocycles. The van der Waals surface area contributed by atoms with Crippen molar-refractivity contribution in [1.29, 1.82) is 0 Å². The van der Waals surface area contributed by atoms with Crippen LogP contribution < -0.4 is 5.32 Å². The van der Waals surface area contributed by atoms with Crippen molar-refractivity contribution in [2.75, 3.05) is 6.54 Å². The second kappa shape index (κ2) is 7.19. The molecule has 0 amide bonds. The average molecular weight is 276 g/mol. The van der Waals surface area contributed by atoms with E-state index in [9.17, 15) is 0 Å². The molecule has 0 aliphatic carbocycles. The Hall–Kier alpha value is -1.69. The van der Waals surface area contributed by atoms with E-state index in [1.165, 1.54) is 11.3 Å². The molecule has 0 unspecified atom stereocenters. The van der Waals surface area contributed by atoms with E-state index in [2.05, 4.69) is 41.3 Å². The normalized spacial score (nSPS) is 11.2. The fourth-order valence-corrected chi connectivity index (χ4v) is 2.16. The van der Waals surface area contributed by atoms with Crippen LogP contribution >= 0.6 is 0 Å². The minimum Gasteiger partial charge on any atom is -0.313 e. The Kier molecular flexibility index (Phi) is 5.29. The summed E-state index contributed by atoms with van der Waals surface area (Å²) in [5, 5.41) is 12.1. The topological polar surface area (TPSA) is 60.6 Å². The third-order valence-corrected chi connectivity index (χ3v) is 3.37. The van der Waals surface area contributed by atoms with Gasteiger partial charge in [0.25, 0.3) is 0 Å². The molecule has 1 N–H and O–H groups in total. The summed E-state index contributed by atoms with van der Waals surface area (Å²) in [4.78, 5) is 4.33. The maximum atomic E-state index is 4.47. The van der Waals surface area contributed by atoms with E-state index < -0.39 is 0 Å². The Morgan fingerprint density at radius 2 is 2.00 bits per heavy atom. The molecule has 0 aromatic carbocycles. The molecule has 0 atom stereocenters. The van der Waals surface area contributed by atoms with Crippen molar-refractivity contribution in [1.82, 2.24) is 29.9 Å². The molecule has 2 heterocycles. The van der Waals surface area contributed by atoms with Crippen LogP contribution in [0.4, 0.5) is 0 Å². The molecule has 20 heavy (non-hydrogen) atoms. The van der Waals surface area contributed by atoms with E-state index in [-0.39, 0.29) is 0 Å². The van der Waals surface area contributed by atoms with Crippen molar-refractivity contribution in [2.45, 2.75) is 53.2 Å². The van der Waals surface area contributed by atoms with Crippen LogP contribution in [0.2, 0.25) is 0 Å². The first kappa shape index (κ1) is 14.7. The van der Waals surface area contributed by atoms with Crippen LogP contribution in [0.3, 0.4) is 0 Å². The summed E-state index contributed by atoms with van der Waals surface area (Å²) in [6, 6.07) is 0. The highest BCUT2D eigenvalue weighted by atomic mass is 15.4. The van der Waals surface area contributed by atoms with Crippen LogP contribution in [0.25, 0.3) is 0 Å². The van der Waals surface area contributed by atoms with Gasteiger partial charge in [-0.05, 0) is 26.3 Å². The van der Waals surface area contributed by atoms with Gasteiger partial charge in [-0.15, -0.1) is 0 Å². The molecule has 6 nitrogen and oxygen atoms in total. The number of nitrogens with one attached hydrogen (secondary N) is 1. The number of hydrogen-bond acceptors (Lipinski definition) is 4. The zero-order valence-corrected chi connectivity index (χ0v) is 12.6. The zero-order chi connectivity index (χ0) is 14.4. The third-order valence-electron chi connectivity index (χ3n) is 3.37. The third kappa shape index (κ3) is 3.45. The summed E-state index contributed by atoms with van der Waals surface area (Å²) in [6.45, 7) is 9.92. The molecule has 0 aliphatic heterocycles. The van der Waals surface area contributed by atoms with E-state index >= 15 is 0 Å². The lowest BCUT2D eigenvalue weighted by atomic mass is 10.2. The smallest absolute Gasteiger partial charge is 0.148 e. The minimum absolute atomic E-state index is 0.680. The van der Waals surface area contributed by atoms with Crippen molar-refractivity contribution in [3.05, 3.63) is 29.6 Å². The van der Waals surface area contributed by atoms with E-state index in [0.29, 0.717) is 6.54 Å². The number of rotatable bonds is 8. The largest absolute Gasteiger partial charge is 0.313 e. The highest BCUT2D eigenvalue weighted by Gasteiger charge is 2.10. The van der Waals surface area contributed by atoms with E-state index in [1.807, 2.05) is 15.6 Å². The van der Waals surface area contributed by atoms with Gasteiger partial charge in [0.05, 0.1) is 6.20 Å². The van der Waals surface area contributed by atoms with E-state index in [1.54, 1.807) is 6.33 Å². The van der Waals surface area contributed by atoms with Gasteiger partial charge in [0.2, 0.25) is 0 Å². The number of aromatic nitrogens is 5. The van der Waals surface area contributed by atoms with Crippen LogP contribution in [0, 0.1) is 6.92 Å². The van der Waals surface area contributed by atoms with Gasteiger partial charge in [-0.1, -0.05) is 13.8 Å². The molecule has 2 aromatic heterocycles. The molecule has 0 radical (unpaired) electrons. The van der Waals surface area contributed by atoms with Gasteiger partial charge in [0.1, 0.15) is 18.7 Å². The van der Waals surface area contributed by atoms with Gasteiger partial charge in [0.15, 0.2) is 0 Å². The first-order chi connectivity index (χ1) is 9.76. The fourth-order valence-electron chi connectivity index (χ4n) is 2.16.